The minimum Gasteiger partial charge on any atom is -0.375 e. The highest BCUT2D eigenvalue weighted by Gasteiger charge is 2.07. The van der Waals surface area contributed by atoms with Crippen LogP contribution in [0.3, 0.4) is 0 Å². The third kappa shape index (κ3) is 1.20. The van der Waals surface area contributed by atoms with E-state index in [9.17, 15) is 0 Å². The van der Waals surface area contributed by atoms with Crippen LogP contribution in [0.4, 0.5) is 5.13 Å². The first-order valence-electron chi connectivity index (χ1n) is 3.18. The number of nitrogens with two attached hydrogens (primary N) is 1. The highest BCUT2D eigenvalue weighted by molar-refractivity contribution is 9.10. The van der Waals surface area contributed by atoms with Crippen molar-refractivity contribution in [2.45, 2.75) is 0 Å². The van der Waals surface area contributed by atoms with Crippen LogP contribution in [0.15, 0.2) is 16.6 Å². The molecule has 0 fully saturated rings. The molecule has 0 saturated carbocycles. The van der Waals surface area contributed by atoms with Gasteiger partial charge in [-0.2, -0.15) is 0 Å². The fourth-order valence-corrected chi connectivity index (χ4v) is 2.42. The number of nitrogen functional groups attached to an aromatic ring is 1. The molecule has 2 aromatic rings. The van der Waals surface area contributed by atoms with Crippen LogP contribution in [0.25, 0.3) is 10.2 Å². The quantitative estimate of drug-likeness (QED) is 0.792. The average molecular weight is 264 g/mol. The zero-order valence-electron chi connectivity index (χ0n) is 5.84. The van der Waals surface area contributed by atoms with Crippen molar-refractivity contribution in [1.29, 1.82) is 0 Å². The van der Waals surface area contributed by atoms with E-state index in [0.717, 1.165) is 14.7 Å². The standard InChI is InChI=1S/C7H4BrClN2S/c8-5-3(9)1-2-4-6(5)11-7(10)12-4/h1-2H,(H2,10,11). The molecule has 2 nitrogen and oxygen atoms in total. The molecule has 0 unspecified atom stereocenters. The van der Waals surface area contributed by atoms with Crippen LogP contribution in [0.5, 0.6) is 0 Å². The molecule has 0 saturated heterocycles. The van der Waals surface area contributed by atoms with Crippen molar-refractivity contribution in [2.24, 2.45) is 0 Å². The Balaban J connectivity index is 2.89. The molecule has 1 aromatic heterocycles. The summed E-state index contributed by atoms with van der Waals surface area (Å²) in [6, 6.07) is 3.74. The maximum absolute atomic E-state index is 5.87. The summed E-state index contributed by atoms with van der Waals surface area (Å²) in [5.41, 5.74) is 6.39. The lowest BCUT2D eigenvalue weighted by Crippen LogP contribution is -1.80. The number of halogens is 2. The van der Waals surface area contributed by atoms with Crippen LogP contribution in [0, 0.1) is 0 Å². The average Bonchev–Trinajstić information content (AvgIpc) is 2.39. The minimum absolute atomic E-state index is 0.563. The van der Waals surface area contributed by atoms with E-state index in [2.05, 4.69) is 20.9 Å². The second kappa shape index (κ2) is 2.87. The lowest BCUT2D eigenvalue weighted by atomic mass is 10.3. The summed E-state index contributed by atoms with van der Waals surface area (Å²) in [6.07, 6.45) is 0. The van der Waals surface area contributed by atoms with Gasteiger partial charge in [0, 0.05) is 0 Å². The number of anilines is 1. The first-order valence-corrected chi connectivity index (χ1v) is 5.17. The van der Waals surface area contributed by atoms with Crippen LogP contribution in [0.2, 0.25) is 5.02 Å². The van der Waals surface area contributed by atoms with Crippen molar-refractivity contribution in [3.8, 4) is 0 Å². The first-order chi connectivity index (χ1) is 5.68. The Kier molecular flexibility index (Phi) is 1.98. The molecule has 0 atom stereocenters. The van der Waals surface area contributed by atoms with Gasteiger partial charge in [-0.3, -0.25) is 0 Å². The van der Waals surface area contributed by atoms with Gasteiger partial charge in [0.2, 0.25) is 0 Å². The molecule has 1 aromatic carbocycles. The fraction of sp³-hybridized carbons (Fsp3) is 0. The van der Waals surface area contributed by atoms with Gasteiger partial charge < -0.3 is 5.73 Å². The largest absolute Gasteiger partial charge is 0.375 e. The molecule has 2 N–H and O–H groups in total. The van der Waals surface area contributed by atoms with E-state index in [1.54, 1.807) is 0 Å². The molecule has 2 rings (SSSR count). The monoisotopic (exact) mass is 262 g/mol. The Morgan fingerprint density at radius 2 is 2.25 bits per heavy atom. The van der Waals surface area contributed by atoms with Crippen molar-refractivity contribution in [3.05, 3.63) is 21.6 Å². The number of nitrogens with zero attached hydrogens (tertiary/aromatic N) is 1. The van der Waals surface area contributed by atoms with Gasteiger partial charge >= 0.3 is 0 Å². The smallest absolute Gasteiger partial charge is 0.181 e. The molecule has 0 spiro atoms. The van der Waals surface area contributed by atoms with Gasteiger partial charge in [0.25, 0.3) is 0 Å². The first kappa shape index (κ1) is 8.29. The molecule has 5 heteroatoms. The molecular weight excluding hydrogens is 260 g/mol. The van der Waals surface area contributed by atoms with E-state index < -0.39 is 0 Å². The van der Waals surface area contributed by atoms with Crippen LogP contribution >= 0.6 is 38.9 Å². The lowest BCUT2D eigenvalue weighted by molar-refractivity contribution is 1.48. The van der Waals surface area contributed by atoms with E-state index in [4.69, 9.17) is 17.3 Å². The normalized spacial score (nSPS) is 10.8. The predicted molar refractivity (Wildman–Crippen MR) is 56.7 cm³/mol. The maximum Gasteiger partial charge on any atom is 0.181 e. The number of thiazole rings is 1. The number of hydrogen-bond donors (Lipinski definition) is 1. The second-order valence-electron chi connectivity index (χ2n) is 2.26. The van der Waals surface area contributed by atoms with Crippen molar-refractivity contribution >= 4 is 54.2 Å². The van der Waals surface area contributed by atoms with E-state index in [-0.39, 0.29) is 0 Å². The Bertz CT molecular complexity index is 440. The molecule has 0 amide bonds. The number of fused-ring (bicyclic) bond motifs is 1. The van der Waals surface area contributed by atoms with Gasteiger partial charge in [0.15, 0.2) is 5.13 Å². The zero-order valence-corrected chi connectivity index (χ0v) is 9.00. The molecule has 0 bridgehead atoms. The van der Waals surface area contributed by atoms with E-state index in [0.29, 0.717) is 10.2 Å². The van der Waals surface area contributed by atoms with E-state index in [1.165, 1.54) is 11.3 Å². The molecule has 1 heterocycles. The van der Waals surface area contributed by atoms with Gasteiger partial charge in [-0.25, -0.2) is 4.98 Å². The molecule has 62 valence electrons. The van der Waals surface area contributed by atoms with Gasteiger partial charge in [0.05, 0.1) is 19.7 Å². The van der Waals surface area contributed by atoms with E-state index >= 15 is 0 Å². The van der Waals surface area contributed by atoms with Gasteiger partial charge in [-0.15, -0.1) is 0 Å². The number of aromatic nitrogens is 1. The molecule has 0 radical (unpaired) electrons. The van der Waals surface area contributed by atoms with Crippen LogP contribution in [-0.4, -0.2) is 4.98 Å². The predicted octanol–water partition coefficient (Wildman–Crippen LogP) is 3.29. The van der Waals surface area contributed by atoms with Crippen LogP contribution < -0.4 is 5.73 Å². The summed E-state index contributed by atoms with van der Waals surface area (Å²) in [4.78, 5) is 4.14. The summed E-state index contributed by atoms with van der Waals surface area (Å²) >= 11 is 10.7. The summed E-state index contributed by atoms with van der Waals surface area (Å²) in [7, 11) is 0. The summed E-state index contributed by atoms with van der Waals surface area (Å²) in [5.74, 6) is 0. The Morgan fingerprint density at radius 3 is 3.00 bits per heavy atom. The van der Waals surface area contributed by atoms with E-state index in [1.807, 2.05) is 12.1 Å². The zero-order chi connectivity index (χ0) is 8.72. The Labute approximate surface area is 86.5 Å². The van der Waals surface area contributed by atoms with Crippen molar-refractivity contribution < 1.29 is 0 Å². The molecule has 0 aliphatic rings. The maximum atomic E-state index is 5.87. The number of hydrogen-bond acceptors (Lipinski definition) is 3. The molecule has 12 heavy (non-hydrogen) atoms. The van der Waals surface area contributed by atoms with Gasteiger partial charge in [0.1, 0.15) is 0 Å². The molecular formula is C7H4BrClN2S. The lowest BCUT2D eigenvalue weighted by Gasteiger charge is -1.93. The van der Waals surface area contributed by atoms with Crippen molar-refractivity contribution in [3.63, 3.8) is 0 Å². The third-order valence-electron chi connectivity index (χ3n) is 1.47. The van der Waals surface area contributed by atoms with Gasteiger partial charge in [-0.05, 0) is 28.1 Å². The van der Waals surface area contributed by atoms with Crippen molar-refractivity contribution in [1.82, 2.24) is 4.98 Å². The van der Waals surface area contributed by atoms with Gasteiger partial charge in [-0.1, -0.05) is 22.9 Å². The summed E-state index contributed by atoms with van der Waals surface area (Å²) in [5, 5.41) is 1.22. The summed E-state index contributed by atoms with van der Waals surface area (Å²) < 4.78 is 1.86. The van der Waals surface area contributed by atoms with Crippen LogP contribution in [-0.2, 0) is 0 Å². The molecule has 0 aliphatic heterocycles. The number of rotatable bonds is 0. The Morgan fingerprint density at radius 1 is 1.50 bits per heavy atom. The highest BCUT2D eigenvalue weighted by atomic mass is 79.9. The fourth-order valence-electron chi connectivity index (χ4n) is 0.954. The second-order valence-corrected chi connectivity index (χ2v) is 4.52. The highest BCUT2D eigenvalue weighted by Crippen LogP contribution is 2.34. The third-order valence-corrected chi connectivity index (χ3v) is 3.66. The minimum atomic E-state index is 0.563. The number of benzene rings is 1. The Hall–Kier alpha value is -0.320. The molecule has 0 aliphatic carbocycles. The summed E-state index contributed by atoms with van der Waals surface area (Å²) in [6.45, 7) is 0. The SMILES string of the molecule is Nc1nc2c(Br)c(Cl)ccc2s1. The van der Waals surface area contributed by atoms with Crippen LogP contribution in [0.1, 0.15) is 0 Å². The topological polar surface area (TPSA) is 38.9 Å². The van der Waals surface area contributed by atoms with Crippen molar-refractivity contribution in [2.75, 3.05) is 5.73 Å².